The second kappa shape index (κ2) is 5.74. The number of hydrogen-bond donors (Lipinski definition) is 1. The van der Waals surface area contributed by atoms with Crippen molar-refractivity contribution in [1.29, 1.82) is 0 Å². The lowest BCUT2D eigenvalue weighted by atomic mass is 9.80. The van der Waals surface area contributed by atoms with E-state index in [0.717, 1.165) is 37.5 Å². The molecule has 1 aromatic carbocycles. The zero-order chi connectivity index (χ0) is 17.7. The average molecular weight is 340 g/mol. The predicted molar refractivity (Wildman–Crippen MR) is 87.4 cm³/mol. The highest BCUT2D eigenvalue weighted by atomic mass is 19.4. The molecule has 2 N–H and O–H groups in total. The van der Waals surface area contributed by atoms with Crippen LogP contribution < -0.4 is 5.73 Å². The predicted octanol–water partition coefficient (Wildman–Crippen LogP) is 3.15. The molecule has 2 aromatic rings. The van der Waals surface area contributed by atoms with Crippen LogP contribution in [0.1, 0.15) is 31.7 Å². The number of benzene rings is 1. The van der Waals surface area contributed by atoms with Crippen molar-refractivity contribution in [3.63, 3.8) is 0 Å². The van der Waals surface area contributed by atoms with E-state index in [1.54, 1.807) is 0 Å². The maximum atomic E-state index is 12.9. The summed E-state index contributed by atoms with van der Waals surface area (Å²) in [7, 11) is 1.85. The number of nitrogens with two attached hydrogens (primary N) is 1. The van der Waals surface area contributed by atoms with Crippen LogP contribution in [-0.2, 0) is 19.8 Å². The lowest BCUT2D eigenvalue weighted by molar-refractivity contribution is -0.137. The van der Waals surface area contributed by atoms with Gasteiger partial charge in [-0.1, -0.05) is 13.8 Å². The number of piperidine rings is 1. The Kier molecular flexibility index (Phi) is 4.12. The van der Waals surface area contributed by atoms with Gasteiger partial charge in [0.05, 0.1) is 23.1 Å². The summed E-state index contributed by atoms with van der Waals surface area (Å²) >= 11 is 0. The zero-order valence-electron chi connectivity index (χ0n) is 14.2. The van der Waals surface area contributed by atoms with Crippen LogP contribution in [0.15, 0.2) is 18.2 Å². The number of hydrogen-bond acceptors (Lipinski definition) is 3. The Bertz CT molecular complexity index is 748. The molecule has 0 aliphatic carbocycles. The number of aryl methyl sites for hydroxylation is 1. The lowest BCUT2D eigenvalue weighted by Crippen LogP contribution is -2.52. The van der Waals surface area contributed by atoms with Gasteiger partial charge in [0.2, 0.25) is 0 Å². The second-order valence-electron chi connectivity index (χ2n) is 7.38. The average Bonchev–Trinajstić information content (AvgIpc) is 2.78. The van der Waals surface area contributed by atoms with Crippen LogP contribution in [0.4, 0.5) is 13.2 Å². The van der Waals surface area contributed by atoms with Gasteiger partial charge in [-0.05, 0) is 30.0 Å². The SMILES string of the molecule is Cn1c(CN2CCC(N)C(C)(C)C2)nc2cc(C(F)(F)F)ccc21. The monoisotopic (exact) mass is 340 g/mol. The topological polar surface area (TPSA) is 47.1 Å². The Morgan fingerprint density at radius 2 is 2.04 bits per heavy atom. The molecule has 1 aliphatic rings. The quantitative estimate of drug-likeness (QED) is 0.913. The van der Waals surface area contributed by atoms with Crippen LogP contribution in [0.3, 0.4) is 0 Å². The van der Waals surface area contributed by atoms with Crippen molar-refractivity contribution in [3.8, 4) is 0 Å². The summed E-state index contributed by atoms with van der Waals surface area (Å²) in [6.07, 6.45) is -3.44. The number of nitrogens with zero attached hydrogens (tertiary/aromatic N) is 3. The molecule has 1 saturated heterocycles. The molecule has 3 rings (SSSR count). The summed E-state index contributed by atoms with van der Waals surface area (Å²) in [5.41, 5.74) is 6.62. The molecule has 0 radical (unpaired) electrons. The first-order valence-corrected chi connectivity index (χ1v) is 8.08. The van der Waals surface area contributed by atoms with Gasteiger partial charge in [-0.15, -0.1) is 0 Å². The summed E-state index contributed by atoms with van der Waals surface area (Å²) in [5, 5.41) is 0. The van der Waals surface area contributed by atoms with E-state index in [9.17, 15) is 13.2 Å². The van der Waals surface area contributed by atoms with E-state index in [2.05, 4.69) is 23.7 Å². The highest BCUT2D eigenvalue weighted by Gasteiger charge is 2.34. The smallest absolute Gasteiger partial charge is 0.330 e. The van der Waals surface area contributed by atoms with Crippen molar-refractivity contribution in [2.75, 3.05) is 13.1 Å². The Morgan fingerprint density at radius 1 is 1.33 bits per heavy atom. The van der Waals surface area contributed by atoms with Gasteiger partial charge in [-0.25, -0.2) is 4.98 Å². The van der Waals surface area contributed by atoms with Crippen LogP contribution >= 0.6 is 0 Å². The van der Waals surface area contributed by atoms with Gasteiger partial charge < -0.3 is 10.3 Å². The third kappa shape index (κ3) is 3.15. The maximum absolute atomic E-state index is 12.9. The molecule has 4 nitrogen and oxygen atoms in total. The number of rotatable bonds is 2. The molecular weight excluding hydrogens is 317 g/mol. The molecular formula is C17H23F3N4. The Labute approximate surface area is 139 Å². The van der Waals surface area contributed by atoms with E-state index in [1.165, 1.54) is 6.07 Å². The summed E-state index contributed by atoms with van der Waals surface area (Å²) in [4.78, 5) is 6.71. The molecule has 1 atom stereocenters. The second-order valence-corrected chi connectivity index (χ2v) is 7.38. The minimum Gasteiger partial charge on any atom is -0.330 e. The fourth-order valence-corrected chi connectivity index (χ4v) is 3.39. The molecule has 1 aromatic heterocycles. The van der Waals surface area contributed by atoms with E-state index < -0.39 is 11.7 Å². The first-order chi connectivity index (χ1) is 11.1. The summed E-state index contributed by atoms with van der Waals surface area (Å²) < 4.78 is 40.5. The molecule has 1 fully saturated rings. The minimum absolute atomic E-state index is 0.0201. The van der Waals surface area contributed by atoms with Crippen molar-refractivity contribution in [2.45, 2.75) is 39.0 Å². The first-order valence-electron chi connectivity index (χ1n) is 8.08. The molecule has 0 saturated carbocycles. The van der Waals surface area contributed by atoms with E-state index in [0.29, 0.717) is 17.6 Å². The maximum Gasteiger partial charge on any atom is 0.416 e. The molecule has 7 heteroatoms. The number of likely N-dealkylation sites (tertiary alicyclic amines) is 1. The van der Waals surface area contributed by atoms with Crippen LogP contribution in [0.2, 0.25) is 0 Å². The number of fused-ring (bicyclic) bond motifs is 1. The number of alkyl halides is 3. The van der Waals surface area contributed by atoms with Crippen LogP contribution in [-0.4, -0.2) is 33.6 Å². The van der Waals surface area contributed by atoms with Gasteiger partial charge in [0.15, 0.2) is 0 Å². The van der Waals surface area contributed by atoms with E-state index in [-0.39, 0.29) is 11.5 Å². The van der Waals surface area contributed by atoms with Crippen molar-refractivity contribution < 1.29 is 13.2 Å². The number of aromatic nitrogens is 2. The molecule has 0 bridgehead atoms. The standard InChI is InChI=1S/C17H23F3N4/c1-16(2)10-24(7-6-14(16)21)9-15-22-12-8-11(17(18,19)20)4-5-13(12)23(15)3/h4-5,8,14H,6-7,9-10,21H2,1-3H3. The van der Waals surface area contributed by atoms with Gasteiger partial charge in [0, 0.05) is 26.2 Å². The summed E-state index contributed by atoms with van der Waals surface area (Å²) in [6.45, 7) is 6.64. The zero-order valence-corrected chi connectivity index (χ0v) is 14.2. The van der Waals surface area contributed by atoms with Crippen molar-refractivity contribution in [1.82, 2.24) is 14.5 Å². The van der Waals surface area contributed by atoms with Crippen molar-refractivity contribution in [3.05, 3.63) is 29.6 Å². The Morgan fingerprint density at radius 3 is 2.67 bits per heavy atom. The number of imidazole rings is 1. The molecule has 2 heterocycles. The third-order valence-electron chi connectivity index (χ3n) is 5.06. The van der Waals surface area contributed by atoms with Crippen LogP contribution in [0, 0.1) is 5.41 Å². The summed E-state index contributed by atoms with van der Waals surface area (Å²) in [5.74, 6) is 0.774. The highest BCUT2D eigenvalue weighted by molar-refractivity contribution is 5.77. The van der Waals surface area contributed by atoms with Gasteiger partial charge in [0.1, 0.15) is 5.82 Å². The first kappa shape index (κ1) is 17.2. The molecule has 24 heavy (non-hydrogen) atoms. The normalized spacial score (nSPS) is 22.2. The van der Waals surface area contributed by atoms with Gasteiger partial charge in [0.25, 0.3) is 0 Å². The molecule has 1 aliphatic heterocycles. The lowest BCUT2D eigenvalue weighted by Gasteiger charge is -2.42. The molecule has 0 spiro atoms. The van der Waals surface area contributed by atoms with Crippen LogP contribution in [0.25, 0.3) is 11.0 Å². The van der Waals surface area contributed by atoms with Gasteiger partial charge in [-0.2, -0.15) is 13.2 Å². The largest absolute Gasteiger partial charge is 0.416 e. The van der Waals surface area contributed by atoms with Crippen LogP contribution in [0.5, 0.6) is 0 Å². The van der Waals surface area contributed by atoms with E-state index in [4.69, 9.17) is 5.73 Å². The molecule has 132 valence electrons. The van der Waals surface area contributed by atoms with Gasteiger partial charge >= 0.3 is 6.18 Å². The van der Waals surface area contributed by atoms with E-state index >= 15 is 0 Å². The Balaban J connectivity index is 1.86. The van der Waals surface area contributed by atoms with E-state index in [1.807, 2.05) is 11.6 Å². The highest BCUT2D eigenvalue weighted by Crippen LogP contribution is 2.32. The molecule has 1 unspecified atom stereocenters. The third-order valence-corrected chi connectivity index (χ3v) is 5.06. The fourth-order valence-electron chi connectivity index (χ4n) is 3.39. The fraction of sp³-hybridized carbons (Fsp3) is 0.588. The number of halogens is 3. The minimum atomic E-state index is -4.35. The van der Waals surface area contributed by atoms with Gasteiger partial charge in [-0.3, -0.25) is 4.90 Å². The van der Waals surface area contributed by atoms with Crippen molar-refractivity contribution in [2.24, 2.45) is 18.2 Å². The molecule has 0 amide bonds. The summed E-state index contributed by atoms with van der Waals surface area (Å²) in [6, 6.07) is 3.89. The van der Waals surface area contributed by atoms with Crippen molar-refractivity contribution >= 4 is 11.0 Å². The Hall–Kier alpha value is -1.60.